The number of rotatable bonds is 3. The third-order valence-corrected chi connectivity index (χ3v) is 3.17. The first-order chi connectivity index (χ1) is 8.56. The molecule has 2 rings (SSSR count). The van der Waals surface area contributed by atoms with Gasteiger partial charge in [-0.25, -0.2) is 4.98 Å². The zero-order valence-corrected chi connectivity index (χ0v) is 12.2. The van der Waals surface area contributed by atoms with Gasteiger partial charge in [0.15, 0.2) is 0 Å². The van der Waals surface area contributed by atoms with Crippen LogP contribution in [0, 0.1) is 0 Å². The number of halogens is 2. The quantitative estimate of drug-likeness (QED) is 0.858. The Bertz CT molecular complexity index is 606. The largest absolute Gasteiger partial charge is 0.437 e. The van der Waals surface area contributed by atoms with Crippen molar-refractivity contribution in [2.24, 2.45) is 5.73 Å². The minimum atomic E-state index is 0.294. The predicted octanol–water partition coefficient (Wildman–Crippen LogP) is 3.92. The normalized spacial score (nSPS) is 10.1. The second-order valence-corrected chi connectivity index (χ2v) is 5.19. The van der Waals surface area contributed by atoms with E-state index in [4.69, 9.17) is 34.3 Å². The van der Waals surface area contributed by atoms with E-state index < -0.39 is 0 Å². The molecule has 92 valence electrons. The number of ether oxygens (including phenoxy) is 1. The summed E-state index contributed by atoms with van der Waals surface area (Å²) in [7, 11) is 0. The highest BCUT2D eigenvalue weighted by molar-refractivity contribution is 9.10. The van der Waals surface area contributed by atoms with E-state index in [1.807, 2.05) is 6.07 Å². The van der Waals surface area contributed by atoms with Crippen LogP contribution < -0.4 is 10.5 Å². The topological polar surface area (TPSA) is 48.1 Å². The number of pyridine rings is 1. The molecular weight excluding hydrogens is 336 g/mol. The highest BCUT2D eigenvalue weighted by atomic mass is 79.9. The van der Waals surface area contributed by atoms with Gasteiger partial charge in [0.25, 0.3) is 0 Å². The number of hydrogen-bond donors (Lipinski definition) is 1. The molecule has 0 unspecified atom stereocenters. The Kier molecular flexibility index (Phi) is 4.16. The molecule has 0 saturated carbocycles. The Balaban J connectivity index is 2.31. The molecule has 2 aromatic rings. The van der Waals surface area contributed by atoms with Gasteiger partial charge < -0.3 is 10.5 Å². The molecule has 0 amide bonds. The molecule has 0 aliphatic carbocycles. The van der Waals surface area contributed by atoms with Crippen molar-refractivity contribution in [3.05, 3.63) is 51.6 Å². The predicted molar refractivity (Wildman–Crippen MR) is 79.4 cm³/mol. The Morgan fingerprint density at radius 1 is 1.33 bits per heavy atom. The molecule has 1 heterocycles. The van der Waals surface area contributed by atoms with Crippen molar-refractivity contribution in [1.82, 2.24) is 4.98 Å². The van der Waals surface area contributed by atoms with Gasteiger partial charge in [-0.2, -0.15) is 0 Å². The molecule has 0 fully saturated rings. The molecule has 0 saturated heterocycles. The summed E-state index contributed by atoms with van der Waals surface area (Å²) in [6.45, 7) is 0. The van der Waals surface area contributed by atoms with Crippen LogP contribution in [-0.4, -0.2) is 9.97 Å². The Hall–Kier alpha value is -1.17. The van der Waals surface area contributed by atoms with Gasteiger partial charge in [0, 0.05) is 22.3 Å². The molecule has 0 spiro atoms. The molecule has 0 bridgehead atoms. The summed E-state index contributed by atoms with van der Waals surface area (Å²) in [5.41, 5.74) is 6.24. The number of hydrogen-bond acceptors (Lipinski definition) is 3. The van der Waals surface area contributed by atoms with E-state index in [-0.39, 0.29) is 0 Å². The highest BCUT2D eigenvalue weighted by Gasteiger charge is 2.06. The highest BCUT2D eigenvalue weighted by Crippen LogP contribution is 2.31. The van der Waals surface area contributed by atoms with Crippen molar-refractivity contribution in [2.45, 2.75) is 0 Å². The smallest absolute Gasteiger partial charge is 0.219 e. The van der Waals surface area contributed by atoms with E-state index in [1.54, 1.807) is 30.5 Å². The fourth-order valence-electron chi connectivity index (χ4n) is 1.29. The maximum atomic E-state index is 6.02. The van der Waals surface area contributed by atoms with Crippen LogP contribution in [0.3, 0.4) is 0 Å². The van der Waals surface area contributed by atoms with Crippen molar-refractivity contribution in [3.63, 3.8) is 0 Å². The van der Waals surface area contributed by atoms with Crippen LogP contribution in [0.5, 0.6) is 11.6 Å². The summed E-state index contributed by atoms with van der Waals surface area (Å²) < 4.78 is 6.46. The fraction of sp³-hybridized carbons (Fsp3) is 0. The summed E-state index contributed by atoms with van der Waals surface area (Å²) in [4.78, 5) is 4.37. The zero-order chi connectivity index (χ0) is 13.1. The molecule has 3 nitrogen and oxygen atoms in total. The van der Waals surface area contributed by atoms with Gasteiger partial charge in [-0.15, -0.1) is 0 Å². The van der Waals surface area contributed by atoms with E-state index in [0.29, 0.717) is 27.2 Å². The summed E-state index contributed by atoms with van der Waals surface area (Å²) in [5.74, 6) is 0.902. The molecule has 0 aliphatic heterocycles. The van der Waals surface area contributed by atoms with Gasteiger partial charge >= 0.3 is 0 Å². The molecule has 0 aliphatic rings. The van der Waals surface area contributed by atoms with Crippen molar-refractivity contribution in [3.8, 4) is 11.6 Å². The molecule has 18 heavy (non-hydrogen) atoms. The van der Waals surface area contributed by atoms with Crippen LogP contribution in [0.4, 0.5) is 0 Å². The average molecular weight is 344 g/mol. The number of aromatic nitrogens is 1. The summed E-state index contributed by atoms with van der Waals surface area (Å²) in [5, 5.41) is 0.501. The molecule has 6 heteroatoms. The fourth-order valence-corrected chi connectivity index (χ4v) is 1.91. The van der Waals surface area contributed by atoms with Crippen molar-refractivity contribution < 1.29 is 4.74 Å². The minimum absolute atomic E-state index is 0.294. The van der Waals surface area contributed by atoms with Crippen LogP contribution in [0.25, 0.3) is 0 Å². The zero-order valence-electron chi connectivity index (χ0n) is 9.06. The third-order valence-electron chi connectivity index (χ3n) is 2.13. The number of thiocarbonyl (C=S) groups is 1. The van der Waals surface area contributed by atoms with E-state index in [1.165, 1.54) is 0 Å². The number of nitrogens with two attached hydrogens (primary N) is 1. The van der Waals surface area contributed by atoms with Gasteiger partial charge in [0.1, 0.15) is 10.7 Å². The first kappa shape index (κ1) is 13.3. The Labute approximate surface area is 123 Å². The lowest BCUT2D eigenvalue weighted by Gasteiger charge is -2.08. The summed E-state index contributed by atoms with van der Waals surface area (Å²) in [6, 6.07) is 8.71. The van der Waals surface area contributed by atoms with E-state index >= 15 is 0 Å². The lowest BCUT2D eigenvalue weighted by Crippen LogP contribution is -2.09. The van der Waals surface area contributed by atoms with E-state index in [2.05, 4.69) is 20.9 Å². The second kappa shape index (κ2) is 5.65. The van der Waals surface area contributed by atoms with Crippen molar-refractivity contribution in [1.29, 1.82) is 0 Å². The monoisotopic (exact) mass is 342 g/mol. The summed E-state index contributed by atoms with van der Waals surface area (Å²) in [6.07, 6.45) is 1.58. The molecule has 2 N–H and O–H groups in total. The number of benzene rings is 1. The first-order valence-corrected chi connectivity index (χ1v) is 6.53. The van der Waals surface area contributed by atoms with Gasteiger partial charge in [-0.1, -0.05) is 39.7 Å². The lowest BCUT2D eigenvalue weighted by atomic mass is 10.3. The minimum Gasteiger partial charge on any atom is -0.437 e. The second-order valence-electron chi connectivity index (χ2n) is 3.42. The van der Waals surface area contributed by atoms with Crippen LogP contribution >= 0.6 is 39.7 Å². The third kappa shape index (κ3) is 3.19. The van der Waals surface area contributed by atoms with Crippen LogP contribution in [0.2, 0.25) is 5.02 Å². The molecule has 0 atom stereocenters. The van der Waals surface area contributed by atoms with Crippen LogP contribution in [-0.2, 0) is 0 Å². The number of nitrogens with zero attached hydrogens (tertiary/aromatic N) is 1. The van der Waals surface area contributed by atoms with E-state index in [9.17, 15) is 0 Å². The maximum Gasteiger partial charge on any atom is 0.219 e. The standard InChI is InChI=1S/C12H8BrClN2OS/c13-8-1-2-9(14)10(6-8)17-11-5-7(12(15)18)3-4-16-11/h1-6H,(H2,15,18). The van der Waals surface area contributed by atoms with Crippen LogP contribution in [0.1, 0.15) is 5.56 Å². The lowest BCUT2D eigenvalue weighted by molar-refractivity contribution is 0.463. The van der Waals surface area contributed by atoms with Gasteiger partial charge in [0.2, 0.25) is 5.88 Å². The molecule has 0 radical (unpaired) electrons. The van der Waals surface area contributed by atoms with E-state index in [0.717, 1.165) is 4.47 Å². The summed E-state index contributed by atoms with van der Waals surface area (Å²) >= 11 is 14.3. The maximum absolute atomic E-state index is 6.02. The van der Waals surface area contributed by atoms with Gasteiger partial charge in [-0.05, 0) is 24.3 Å². The average Bonchev–Trinajstić information content (AvgIpc) is 2.34. The Morgan fingerprint density at radius 2 is 2.11 bits per heavy atom. The molecule has 1 aromatic carbocycles. The Morgan fingerprint density at radius 3 is 2.83 bits per heavy atom. The first-order valence-electron chi connectivity index (χ1n) is 4.95. The molecule has 1 aromatic heterocycles. The van der Waals surface area contributed by atoms with Crippen molar-refractivity contribution >= 4 is 44.7 Å². The van der Waals surface area contributed by atoms with Crippen molar-refractivity contribution in [2.75, 3.05) is 0 Å². The van der Waals surface area contributed by atoms with Gasteiger partial charge in [-0.3, -0.25) is 0 Å². The molecular formula is C12H8BrClN2OS. The van der Waals surface area contributed by atoms with Crippen LogP contribution in [0.15, 0.2) is 41.0 Å². The van der Waals surface area contributed by atoms with Gasteiger partial charge in [0.05, 0.1) is 5.02 Å². The SMILES string of the molecule is NC(=S)c1ccnc(Oc2cc(Br)ccc2Cl)c1.